The number of hydrogen-bond donors (Lipinski definition) is 1. The molecule has 0 aliphatic carbocycles. The Morgan fingerprint density at radius 2 is 2.06 bits per heavy atom. The molecule has 0 bridgehead atoms. The van der Waals surface area contributed by atoms with Crippen LogP contribution in [0.3, 0.4) is 0 Å². The lowest BCUT2D eigenvalue weighted by Crippen LogP contribution is -2.41. The smallest absolute Gasteiger partial charge is 0.227 e. The van der Waals surface area contributed by atoms with Crippen LogP contribution in [0.1, 0.15) is 40.5 Å². The van der Waals surface area contributed by atoms with E-state index in [1.54, 1.807) is 0 Å². The lowest BCUT2D eigenvalue weighted by Gasteiger charge is -2.27. The summed E-state index contributed by atoms with van der Waals surface area (Å²) in [6.45, 7) is 10.0. The number of hydrogen-bond acceptors (Lipinski definition) is 2. The van der Waals surface area contributed by atoms with E-state index in [1.165, 1.54) is 0 Å². The molecular weight excluding hydrogens is 200 g/mol. The molecule has 1 amide bonds. The number of nitrogens with two attached hydrogens (primary N) is 1. The van der Waals surface area contributed by atoms with E-state index in [2.05, 4.69) is 27.7 Å². The van der Waals surface area contributed by atoms with Gasteiger partial charge in [-0.2, -0.15) is 0 Å². The molecule has 3 nitrogen and oxygen atoms in total. The molecule has 1 saturated heterocycles. The van der Waals surface area contributed by atoms with E-state index in [-0.39, 0.29) is 11.8 Å². The van der Waals surface area contributed by atoms with E-state index in [9.17, 15) is 4.79 Å². The van der Waals surface area contributed by atoms with E-state index in [1.807, 2.05) is 4.90 Å². The first kappa shape index (κ1) is 13.5. The van der Waals surface area contributed by atoms with Crippen LogP contribution in [0.15, 0.2) is 0 Å². The number of nitrogens with zero attached hydrogens (tertiary/aromatic N) is 1. The van der Waals surface area contributed by atoms with Crippen molar-refractivity contribution in [3.05, 3.63) is 0 Å². The predicted molar refractivity (Wildman–Crippen MR) is 67.0 cm³/mol. The molecule has 3 unspecified atom stereocenters. The fourth-order valence-electron chi connectivity index (χ4n) is 2.71. The summed E-state index contributed by atoms with van der Waals surface area (Å²) in [7, 11) is 0. The minimum absolute atomic E-state index is 0.0211. The molecule has 0 radical (unpaired) electrons. The molecule has 1 aliphatic heterocycles. The predicted octanol–water partition coefficient (Wildman–Crippen LogP) is 1.86. The molecule has 3 heteroatoms. The standard InChI is InChI=1S/C13H26N2O/c1-9(2)5-12(7-14)13(16)15-8-10(3)6-11(15)4/h9-12H,5-8,14H2,1-4H3. The Morgan fingerprint density at radius 3 is 2.44 bits per heavy atom. The summed E-state index contributed by atoms with van der Waals surface area (Å²) in [4.78, 5) is 14.3. The first-order chi connectivity index (χ1) is 7.45. The van der Waals surface area contributed by atoms with Gasteiger partial charge in [-0.25, -0.2) is 0 Å². The number of carbonyl (C=O) groups is 1. The Kier molecular flexibility index (Phi) is 4.78. The molecular formula is C13H26N2O. The lowest BCUT2D eigenvalue weighted by atomic mass is 9.95. The molecule has 1 heterocycles. The minimum atomic E-state index is 0.0211. The third-order valence-corrected chi connectivity index (χ3v) is 3.46. The van der Waals surface area contributed by atoms with Crippen molar-refractivity contribution < 1.29 is 4.79 Å². The molecule has 1 aliphatic rings. The fraction of sp³-hybridized carbons (Fsp3) is 0.923. The van der Waals surface area contributed by atoms with Crippen LogP contribution in [0.25, 0.3) is 0 Å². The van der Waals surface area contributed by atoms with Crippen molar-refractivity contribution in [2.75, 3.05) is 13.1 Å². The van der Waals surface area contributed by atoms with Gasteiger partial charge in [0.05, 0.1) is 5.92 Å². The summed E-state index contributed by atoms with van der Waals surface area (Å²) in [5.41, 5.74) is 5.72. The van der Waals surface area contributed by atoms with Crippen LogP contribution in [0, 0.1) is 17.8 Å². The summed E-state index contributed by atoms with van der Waals surface area (Å²) < 4.78 is 0. The summed E-state index contributed by atoms with van der Waals surface area (Å²) in [6.07, 6.45) is 2.04. The Labute approximate surface area is 99.4 Å². The SMILES string of the molecule is CC(C)CC(CN)C(=O)N1CC(C)CC1C. The van der Waals surface area contributed by atoms with Gasteiger partial charge in [0, 0.05) is 19.1 Å². The highest BCUT2D eigenvalue weighted by molar-refractivity contribution is 5.79. The van der Waals surface area contributed by atoms with Crippen molar-refractivity contribution in [1.29, 1.82) is 0 Å². The number of likely N-dealkylation sites (tertiary alicyclic amines) is 1. The van der Waals surface area contributed by atoms with Gasteiger partial charge in [0.2, 0.25) is 5.91 Å². The molecule has 0 aromatic carbocycles. The van der Waals surface area contributed by atoms with Gasteiger partial charge in [0.15, 0.2) is 0 Å². The monoisotopic (exact) mass is 226 g/mol. The van der Waals surface area contributed by atoms with Gasteiger partial charge in [-0.1, -0.05) is 20.8 Å². The van der Waals surface area contributed by atoms with Gasteiger partial charge in [-0.3, -0.25) is 4.79 Å². The second-order valence-electron chi connectivity index (χ2n) is 5.74. The molecule has 1 rings (SSSR count). The Hall–Kier alpha value is -0.570. The maximum absolute atomic E-state index is 12.3. The second-order valence-corrected chi connectivity index (χ2v) is 5.74. The zero-order chi connectivity index (χ0) is 12.3. The van der Waals surface area contributed by atoms with Crippen molar-refractivity contribution in [3.8, 4) is 0 Å². The summed E-state index contributed by atoms with van der Waals surface area (Å²) in [5, 5.41) is 0. The molecule has 2 N–H and O–H groups in total. The van der Waals surface area contributed by atoms with Crippen molar-refractivity contribution in [3.63, 3.8) is 0 Å². The normalized spacial score (nSPS) is 27.5. The summed E-state index contributed by atoms with van der Waals surface area (Å²) >= 11 is 0. The zero-order valence-electron chi connectivity index (χ0n) is 11.1. The molecule has 0 spiro atoms. The van der Waals surface area contributed by atoms with Gasteiger partial charge < -0.3 is 10.6 Å². The van der Waals surface area contributed by atoms with E-state index in [0.717, 1.165) is 19.4 Å². The molecule has 0 aromatic rings. The Balaban J connectivity index is 2.61. The largest absolute Gasteiger partial charge is 0.339 e. The summed E-state index contributed by atoms with van der Waals surface area (Å²) in [5.74, 6) is 1.46. The third kappa shape index (κ3) is 3.21. The maximum Gasteiger partial charge on any atom is 0.227 e. The van der Waals surface area contributed by atoms with Crippen molar-refractivity contribution in [1.82, 2.24) is 4.90 Å². The minimum Gasteiger partial charge on any atom is -0.339 e. The van der Waals surface area contributed by atoms with Gasteiger partial charge in [0.25, 0.3) is 0 Å². The molecule has 3 atom stereocenters. The molecule has 94 valence electrons. The van der Waals surface area contributed by atoms with Crippen LogP contribution in [-0.2, 0) is 4.79 Å². The Bertz CT molecular complexity index is 240. The van der Waals surface area contributed by atoms with Crippen molar-refractivity contribution in [2.45, 2.75) is 46.6 Å². The zero-order valence-corrected chi connectivity index (χ0v) is 11.1. The highest BCUT2D eigenvalue weighted by Gasteiger charge is 2.33. The third-order valence-electron chi connectivity index (χ3n) is 3.46. The number of carbonyl (C=O) groups excluding carboxylic acids is 1. The van der Waals surface area contributed by atoms with E-state index in [0.29, 0.717) is 24.4 Å². The van der Waals surface area contributed by atoms with Crippen LogP contribution in [0.4, 0.5) is 0 Å². The first-order valence-corrected chi connectivity index (χ1v) is 6.46. The second kappa shape index (κ2) is 5.67. The average molecular weight is 226 g/mol. The van der Waals surface area contributed by atoms with Crippen molar-refractivity contribution >= 4 is 5.91 Å². The lowest BCUT2D eigenvalue weighted by molar-refractivity contribution is -0.136. The van der Waals surface area contributed by atoms with Gasteiger partial charge >= 0.3 is 0 Å². The first-order valence-electron chi connectivity index (χ1n) is 6.46. The maximum atomic E-state index is 12.3. The molecule has 0 saturated carbocycles. The van der Waals surface area contributed by atoms with Crippen LogP contribution in [-0.4, -0.2) is 29.9 Å². The van der Waals surface area contributed by atoms with Gasteiger partial charge in [-0.15, -0.1) is 0 Å². The topological polar surface area (TPSA) is 46.3 Å². The fourth-order valence-corrected chi connectivity index (χ4v) is 2.71. The quantitative estimate of drug-likeness (QED) is 0.795. The van der Waals surface area contributed by atoms with Crippen LogP contribution >= 0.6 is 0 Å². The number of amides is 1. The highest BCUT2D eigenvalue weighted by atomic mass is 16.2. The number of rotatable bonds is 4. The van der Waals surface area contributed by atoms with E-state index >= 15 is 0 Å². The van der Waals surface area contributed by atoms with Crippen LogP contribution in [0.2, 0.25) is 0 Å². The van der Waals surface area contributed by atoms with Crippen molar-refractivity contribution in [2.24, 2.45) is 23.5 Å². The summed E-state index contributed by atoms with van der Waals surface area (Å²) in [6, 6.07) is 0.392. The van der Waals surface area contributed by atoms with Crippen LogP contribution < -0.4 is 5.73 Å². The molecule has 1 fully saturated rings. The van der Waals surface area contributed by atoms with Crippen LogP contribution in [0.5, 0.6) is 0 Å². The Morgan fingerprint density at radius 1 is 1.44 bits per heavy atom. The van der Waals surface area contributed by atoms with E-state index in [4.69, 9.17) is 5.73 Å². The van der Waals surface area contributed by atoms with E-state index < -0.39 is 0 Å². The van der Waals surface area contributed by atoms with Gasteiger partial charge in [0.1, 0.15) is 0 Å². The van der Waals surface area contributed by atoms with Gasteiger partial charge in [-0.05, 0) is 31.6 Å². The average Bonchev–Trinajstić information content (AvgIpc) is 2.53. The molecule has 16 heavy (non-hydrogen) atoms. The highest BCUT2D eigenvalue weighted by Crippen LogP contribution is 2.25. The molecule has 0 aromatic heterocycles.